The van der Waals surface area contributed by atoms with Gasteiger partial charge in [-0.15, -0.1) is 0 Å². The van der Waals surface area contributed by atoms with Gasteiger partial charge in [-0.1, -0.05) is 39.0 Å². The first kappa shape index (κ1) is 16.3. The number of para-hydroxylation sites is 1. The van der Waals surface area contributed by atoms with Crippen LogP contribution in [0.5, 0.6) is 0 Å². The molecule has 4 nitrogen and oxygen atoms in total. The van der Waals surface area contributed by atoms with Crippen molar-refractivity contribution in [2.75, 3.05) is 11.5 Å². The van der Waals surface area contributed by atoms with Gasteiger partial charge in [0.2, 0.25) is 10.0 Å². The van der Waals surface area contributed by atoms with E-state index in [1.165, 1.54) is 0 Å². The molecule has 0 amide bonds. The molecule has 5 heteroatoms. The number of hydrogen-bond donors (Lipinski definition) is 1. The van der Waals surface area contributed by atoms with Crippen molar-refractivity contribution >= 4 is 15.7 Å². The molecule has 0 atom stereocenters. The molecule has 0 bridgehead atoms. The SMILES string of the molecule is CC(C)(C)CCS(=O)(=O)N(Cc1ccccc1N)C1CC1. The highest BCUT2D eigenvalue weighted by Crippen LogP contribution is 2.33. The Morgan fingerprint density at radius 2 is 1.86 bits per heavy atom. The van der Waals surface area contributed by atoms with E-state index in [2.05, 4.69) is 20.8 Å². The number of nitrogens with two attached hydrogens (primary N) is 1. The van der Waals surface area contributed by atoms with Crippen LogP contribution >= 0.6 is 0 Å². The number of nitrogens with zero attached hydrogens (tertiary/aromatic N) is 1. The third-order valence-electron chi connectivity index (χ3n) is 3.80. The molecule has 118 valence electrons. The summed E-state index contributed by atoms with van der Waals surface area (Å²) in [7, 11) is -3.23. The topological polar surface area (TPSA) is 63.4 Å². The molecule has 0 aromatic heterocycles. The Morgan fingerprint density at radius 3 is 2.38 bits per heavy atom. The minimum Gasteiger partial charge on any atom is -0.398 e. The van der Waals surface area contributed by atoms with E-state index >= 15 is 0 Å². The molecular weight excluding hydrogens is 284 g/mol. The molecule has 1 saturated carbocycles. The monoisotopic (exact) mass is 310 g/mol. The zero-order valence-electron chi connectivity index (χ0n) is 13.2. The van der Waals surface area contributed by atoms with E-state index in [1.807, 2.05) is 24.3 Å². The van der Waals surface area contributed by atoms with Crippen LogP contribution < -0.4 is 5.73 Å². The lowest BCUT2D eigenvalue weighted by molar-refractivity contribution is 0.371. The van der Waals surface area contributed by atoms with Crippen LogP contribution in [0.3, 0.4) is 0 Å². The Balaban J connectivity index is 2.14. The molecule has 1 aliphatic carbocycles. The van der Waals surface area contributed by atoms with E-state index in [4.69, 9.17) is 5.73 Å². The number of anilines is 1. The summed E-state index contributed by atoms with van der Waals surface area (Å²) in [4.78, 5) is 0. The van der Waals surface area contributed by atoms with Crippen molar-refractivity contribution in [3.8, 4) is 0 Å². The zero-order chi connectivity index (χ0) is 15.7. The molecule has 0 saturated heterocycles. The summed E-state index contributed by atoms with van der Waals surface area (Å²) in [6.07, 6.45) is 2.59. The summed E-state index contributed by atoms with van der Waals surface area (Å²) >= 11 is 0. The van der Waals surface area contributed by atoms with Crippen LogP contribution in [0.2, 0.25) is 0 Å². The van der Waals surface area contributed by atoms with Crippen molar-refractivity contribution in [1.82, 2.24) is 4.31 Å². The van der Waals surface area contributed by atoms with Crippen LogP contribution in [0.1, 0.15) is 45.6 Å². The predicted molar refractivity (Wildman–Crippen MR) is 87.3 cm³/mol. The van der Waals surface area contributed by atoms with Crippen molar-refractivity contribution in [3.05, 3.63) is 29.8 Å². The van der Waals surface area contributed by atoms with Gasteiger partial charge in [-0.2, -0.15) is 4.31 Å². The van der Waals surface area contributed by atoms with Gasteiger partial charge in [0, 0.05) is 18.3 Å². The van der Waals surface area contributed by atoms with Gasteiger partial charge in [0.05, 0.1) is 5.75 Å². The fraction of sp³-hybridized carbons (Fsp3) is 0.625. The van der Waals surface area contributed by atoms with Crippen molar-refractivity contribution in [1.29, 1.82) is 0 Å². The van der Waals surface area contributed by atoms with Crippen LogP contribution in [0, 0.1) is 5.41 Å². The Hall–Kier alpha value is -1.07. The molecule has 2 rings (SSSR count). The molecule has 2 N–H and O–H groups in total. The summed E-state index contributed by atoms with van der Waals surface area (Å²) < 4.78 is 27.0. The lowest BCUT2D eigenvalue weighted by Gasteiger charge is -2.25. The van der Waals surface area contributed by atoms with Gasteiger partial charge in [0.25, 0.3) is 0 Å². The molecule has 0 unspecified atom stereocenters. The van der Waals surface area contributed by atoms with Gasteiger partial charge in [-0.05, 0) is 36.3 Å². The van der Waals surface area contributed by atoms with Crippen LogP contribution in [0.4, 0.5) is 5.69 Å². The quantitative estimate of drug-likeness (QED) is 0.822. The maximum Gasteiger partial charge on any atom is 0.214 e. The van der Waals surface area contributed by atoms with E-state index in [1.54, 1.807) is 4.31 Å². The standard InChI is InChI=1S/C16H26N2O2S/c1-16(2,3)10-11-21(19,20)18(14-8-9-14)12-13-6-4-5-7-15(13)17/h4-7,14H,8-12,17H2,1-3H3. The summed E-state index contributed by atoms with van der Waals surface area (Å²) in [6.45, 7) is 6.60. The average molecular weight is 310 g/mol. The lowest BCUT2D eigenvalue weighted by Crippen LogP contribution is -2.35. The summed E-state index contributed by atoms with van der Waals surface area (Å²) in [6, 6.07) is 7.66. The van der Waals surface area contributed by atoms with Gasteiger partial charge >= 0.3 is 0 Å². The van der Waals surface area contributed by atoms with Crippen molar-refractivity contribution in [3.63, 3.8) is 0 Å². The second kappa shape index (κ2) is 5.97. The van der Waals surface area contributed by atoms with Crippen molar-refractivity contribution < 1.29 is 8.42 Å². The Labute approximate surface area is 128 Å². The first-order chi connectivity index (χ1) is 9.69. The summed E-state index contributed by atoms with van der Waals surface area (Å²) in [5, 5.41) is 0. The van der Waals surface area contributed by atoms with Gasteiger partial charge in [-0.3, -0.25) is 0 Å². The Bertz CT molecular complexity index is 587. The smallest absolute Gasteiger partial charge is 0.214 e. The molecule has 1 aliphatic rings. The summed E-state index contributed by atoms with van der Waals surface area (Å²) in [5.41, 5.74) is 7.53. The Morgan fingerprint density at radius 1 is 1.24 bits per heavy atom. The second-order valence-electron chi connectivity index (χ2n) is 7.10. The fourth-order valence-corrected chi connectivity index (χ4v) is 4.32. The lowest BCUT2D eigenvalue weighted by atomic mass is 9.94. The molecule has 0 aliphatic heterocycles. The zero-order valence-corrected chi connectivity index (χ0v) is 14.0. The van der Waals surface area contributed by atoms with Gasteiger partial charge in [-0.25, -0.2) is 8.42 Å². The summed E-state index contributed by atoms with van der Waals surface area (Å²) in [5.74, 6) is 0.208. The van der Waals surface area contributed by atoms with Gasteiger partial charge in [0.1, 0.15) is 0 Å². The first-order valence-electron chi connectivity index (χ1n) is 7.52. The Kier molecular flexibility index (Phi) is 4.63. The molecule has 0 spiro atoms. The molecule has 1 aromatic rings. The average Bonchev–Trinajstić information content (AvgIpc) is 3.19. The highest BCUT2D eigenvalue weighted by Gasteiger charge is 2.37. The largest absolute Gasteiger partial charge is 0.398 e. The minimum atomic E-state index is -3.23. The number of benzene rings is 1. The fourth-order valence-electron chi connectivity index (χ4n) is 2.22. The first-order valence-corrected chi connectivity index (χ1v) is 9.13. The number of sulfonamides is 1. The van der Waals surface area contributed by atoms with Crippen LogP contribution in [-0.2, 0) is 16.6 Å². The van der Waals surface area contributed by atoms with Crippen LogP contribution in [-0.4, -0.2) is 24.5 Å². The third kappa shape index (κ3) is 4.71. The maximum absolute atomic E-state index is 12.7. The molecule has 0 heterocycles. The van der Waals surface area contributed by atoms with Crippen molar-refractivity contribution in [2.24, 2.45) is 5.41 Å². The van der Waals surface area contributed by atoms with E-state index in [9.17, 15) is 8.42 Å². The van der Waals surface area contributed by atoms with Gasteiger partial charge < -0.3 is 5.73 Å². The molecular formula is C16H26N2O2S. The molecule has 21 heavy (non-hydrogen) atoms. The predicted octanol–water partition coefficient (Wildman–Crippen LogP) is 3.00. The van der Waals surface area contributed by atoms with E-state index in [0.29, 0.717) is 18.7 Å². The van der Waals surface area contributed by atoms with E-state index < -0.39 is 10.0 Å². The second-order valence-corrected chi connectivity index (χ2v) is 9.14. The third-order valence-corrected chi connectivity index (χ3v) is 5.66. The highest BCUT2D eigenvalue weighted by atomic mass is 32.2. The minimum absolute atomic E-state index is 0.0219. The van der Waals surface area contributed by atoms with E-state index in [0.717, 1.165) is 18.4 Å². The van der Waals surface area contributed by atoms with Crippen LogP contribution in [0.15, 0.2) is 24.3 Å². The van der Waals surface area contributed by atoms with Gasteiger partial charge in [0.15, 0.2) is 0 Å². The normalized spacial score (nSPS) is 16.4. The molecule has 1 fully saturated rings. The van der Waals surface area contributed by atoms with Crippen molar-refractivity contribution in [2.45, 2.75) is 52.6 Å². The number of rotatable bonds is 6. The highest BCUT2D eigenvalue weighted by molar-refractivity contribution is 7.89. The van der Waals surface area contributed by atoms with E-state index in [-0.39, 0.29) is 17.2 Å². The maximum atomic E-state index is 12.7. The molecule has 1 aromatic carbocycles. The molecule has 0 radical (unpaired) electrons. The number of hydrogen-bond acceptors (Lipinski definition) is 3. The van der Waals surface area contributed by atoms with Crippen LogP contribution in [0.25, 0.3) is 0 Å². The number of nitrogen functional groups attached to an aromatic ring is 1.